The molecule has 1 N–H and O–H groups in total. The smallest absolute Gasteiger partial charge is 0.0595 e. The Kier molecular flexibility index (Phi) is 6.12. The SMILES string of the molecule is CCNC(Cc1ccc(Cl)c(Cl)c1)c1cc(C)ccc1Br. The highest BCUT2D eigenvalue weighted by Gasteiger charge is 2.15. The molecule has 1 unspecified atom stereocenters. The summed E-state index contributed by atoms with van der Waals surface area (Å²) < 4.78 is 1.12. The summed E-state index contributed by atoms with van der Waals surface area (Å²) in [6.45, 7) is 5.13. The van der Waals surface area contributed by atoms with Gasteiger partial charge in [0, 0.05) is 10.5 Å². The first-order valence-electron chi connectivity index (χ1n) is 6.94. The first-order chi connectivity index (χ1) is 10.0. The maximum absolute atomic E-state index is 6.12. The molecule has 0 spiro atoms. The lowest BCUT2D eigenvalue weighted by Gasteiger charge is -2.21. The molecule has 1 nitrogen and oxygen atoms in total. The van der Waals surface area contributed by atoms with Gasteiger partial charge in [-0.3, -0.25) is 0 Å². The largest absolute Gasteiger partial charge is 0.310 e. The minimum atomic E-state index is 0.238. The zero-order chi connectivity index (χ0) is 15.4. The molecule has 21 heavy (non-hydrogen) atoms. The summed E-state index contributed by atoms with van der Waals surface area (Å²) in [6.07, 6.45) is 0.868. The summed E-state index contributed by atoms with van der Waals surface area (Å²) >= 11 is 15.8. The quantitative estimate of drug-likeness (QED) is 0.668. The van der Waals surface area contributed by atoms with Crippen molar-refractivity contribution in [1.29, 1.82) is 0 Å². The average Bonchev–Trinajstić information content (AvgIpc) is 2.45. The molecule has 0 aliphatic heterocycles. The van der Waals surface area contributed by atoms with Crippen LogP contribution in [0, 0.1) is 6.92 Å². The third-order valence-electron chi connectivity index (χ3n) is 3.40. The Labute approximate surface area is 144 Å². The van der Waals surface area contributed by atoms with E-state index in [0.717, 1.165) is 17.4 Å². The molecule has 2 aromatic rings. The molecule has 1 atom stereocenters. The van der Waals surface area contributed by atoms with Crippen LogP contribution in [-0.4, -0.2) is 6.54 Å². The van der Waals surface area contributed by atoms with Crippen molar-refractivity contribution in [2.24, 2.45) is 0 Å². The molecule has 0 saturated heterocycles. The number of likely N-dealkylation sites (N-methyl/N-ethyl adjacent to an activating group) is 1. The van der Waals surface area contributed by atoms with E-state index in [9.17, 15) is 0 Å². The average molecular weight is 387 g/mol. The number of rotatable bonds is 5. The first-order valence-corrected chi connectivity index (χ1v) is 8.49. The number of hydrogen-bond donors (Lipinski definition) is 1. The van der Waals surface area contributed by atoms with Gasteiger partial charge in [-0.05, 0) is 49.2 Å². The Balaban J connectivity index is 2.30. The van der Waals surface area contributed by atoms with Crippen molar-refractivity contribution in [3.63, 3.8) is 0 Å². The summed E-state index contributed by atoms with van der Waals surface area (Å²) in [5, 5.41) is 4.74. The zero-order valence-corrected chi connectivity index (χ0v) is 15.2. The Morgan fingerprint density at radius 2 is 1.86 bits per heavy atom. The highest BCUT2D eigenvalue weighted by atomic mass is 79.9. The second kappa shape index (κ2) is 7.64. The van der Waals surface area contributed by atoms with E-state index in [0.29, 0.717) is 10.0 Å². The van der Waals surface area contributed by atoms with Gasteiger partial charge in [0.05, 0.1) is 10.0 Å². The topological polar surface area (TPSA) is 12.0 Å². The van der Waals surface area contributed by atoms with Crippen LogP contribution >= 0.6 is 39.1 Å². The molecule has 0 bridgehead atoms. The second-order valence-corrected chi connectivity index (χ2v) is 6.76. The Bertz CT molecular complexity index is 628. The van der Waals surface area contributed by atoms with Crippen LogP contribution in [0.1, 0.15) is 29.7 Å². The lowest BCUT2D eigenvalue weighted by Crippen LogP contribution is -2.23. The molecular formula is C17H18BrCl2N. The van der Waals surface area contributed by atoms with E-state index in [1.54, 1.807) is 0 Å². The van der Waals surface area contributed by atoms with Crippen molar-refractivity contribution in [3.8, 4) is 0 Å². The monoisotopic (exact) mass is 385 g/mol. The van der Waals surface area contributed by atoms with E-state index >= 15 is 0 Å². The molecule has 0 radical (unpaired) electrons. The number of benzene rings is 2. The third-order valence-corrected chi connectivity index (χ3v) is 4.86. The van der Waals surface area contributed by atoms with Gasteiger partial charge >= 0.3 is 0 Å². The minimum Gasteiger partial charge on any atom is -0.310 e. The molecule has 2 rings (SSSR count). The van der Waals surface area contributed by atoms with Crippen LogP contribution in [0.25, 0.3) is 0 Å². The van der Waals surface area contributed by atoms with E-state index in [1.807, 2.05) is 18.2 Å². The fraction of sp³-hybridized carbons (Fsp3) is 0.294. The lowest BCUT2D eigenvalue weighted by atomic mass is 9.97. The van der Waals surface area contributed by atoms with Crippen molar-refractivity contribution in [1.82, 2.24) is 5.32 Å². The minimum absolute atomic E-state index is 0.238. The van der Waals surface area contributed by atoms with Crippen molar-refractivity contribution in [3.05, 3.63) is 67.6 Å². The number of nitrogens with one attached hydrogen (secondary N) is 1. The van der Waals surface area contributed by atoms with Crippen LogP contribution in [-0.2, 0) is 6.42 Å². The normalized spacial score (nSPS) is 12.4. The van der Waals surface area contributed by atoms with E-state index in [1.165, 1.54) is 16.7 Å². The molecule has 0 fully saturated rings. The van der Waals surface area contributed by atoms with Crippen LogP contribution in [0.15, 0.2) is 40.9 Å². The third kappa shape index (κ3) is 4.46. The van der Waals surface area contributed by atoms with Crippen molar-refractivity contribution in [2.45, 2.75) is 26.3 Å². The Morgan fingerprint density at radius 1 is 1.10 bits per heavy atom. The molecule has 2 aromatic carbocycles. The standard InChI is InChI=1S/C17H18BrCl2N/c1-3-21-17(13-8-11(2)4-6-14(13)18)10-12-5-7-15(19)16(20)9-12/h4-9,17,21H,3,10H2,1-2H3. The van der Waals surface area contributed by atoms with Crippen LogP contribution in [0.4, 0.5) is 0 Å². The molecule has 4 heteroatoms. The van der Waals surface area contributed by atoms with Gasteiger partial charge in [0.25, 0.3) is 0 Å². The van der Waals surface area contributed by atoms with Gasteiger partial charge in [-0.1, -0.05) is 69.8 Å². The van der Waals surface area contributed by atoms with Gasteiger partial charge in [-0.2, -0.15) is 0 Å². The highest BCUT2D eigenvalue weighted by molar-refractivity contribution is 9.10. The van der Waals surface area contributed by atoms with Gasteiger partial charge in [0.1, 0.15) is 0 Å². The summed E-state index contributed by atoms with van der Waals surface area (Å²) in [6, 6.07) is 12.5. The second-order valence-electron chi connectivity index (χ2n) is 5.09. The molecular weight excluding hydrogens is 369 g/mol. The van der Waals surface area contributed by atoms with E-state index in [2.05, 4.69) is 53.3 Å². The van der Waals surface area contributed by atoms with Crippen LogP contribution < -0.4 is 5.32 Å². The Morgan fingerprint density at radius 3 is 2.52 bits per heavy atom. The molecule has 0 aromatic heterocycles. The van der Waals surface area contributed by atoms with Gasteiger partial charge in [-0.25, -0.2) is 0 Å². The van der Waals surface area contributed by atoms with Crippen molar-refractivity contribution >= 4 is 39.1 Å². The van der Waals surface area contributed by atoms with Crippen molar-refractivity contribution < 1.29 is 0 Å². The van der Waals surface area contributed by atoms with E-state index in [4.69, 9.17) is 23.2 Å². The van der Waals surface area contributed by atoms with Gasteiger partial charge in [0.2, 0.25) is 0 Å². The van der Waals surface area contributed by atoms with E-state index < -0.39 is 0 Å². The summed E-state index contributed by atoms with van der Waals surface area (Å²) in [7, 11) is 0. The summed E-state index contributed by atoms with van der Waals surface area (Å²) in [4.78, 5) is 0. The molecule has 0 saturated carbocycles. The lowest BCUT2D eigenvalue weighted by molar-refractivity contribution is 0.547. The number of halogens is 3. The van der Waals surface area contributed by atoms with Gasteiger partial charge in [0.15, 0.2) is 0 Å². The Hall–Kier alpha value is -0.540. The predicted molar refractivity (Wildman–Crippen MR) is 95.5 cm³/mol. The molecule has 0 heterocycles. The molecule has 0 amide bonds. The molecule has 0 aliphatic rings. The zero-order valence-electron chi connectivity index (χ0n) is 12.1. The molecule has 112 valence electrons. The fourth-order valence-electron chi connectivity index (χ4n) is 2.37. The van der Waals surface area contributed by atoms with E-state index in [-0.39, 0.29) is 6.04 Å². The van der Waals surface area contributed by atoms with Crippen LogP contribution in [0.3, 0.4) is 0 Å². The van der Waals surface area contributed by atoms with Crippen molar-refractivity contribution in [2.75, 3.05) is 6.54 Å². The highest BCUT2D eigenvalue weighted by Crippen LogP contribution is 2.29. The number of hydrogen-bond acceptors (Lipinski definition) is 1. The van der Waals surface area contributed by atoms with Gasteiger partial charge in [-0.15, -0.1) is 0 Å². The van der Waals surface area contributed by atoms with Gasteiger partial charge < -0.3 is 5.32 Å². The summed E-state index contributed by atoms with van der Waals surface area (Å²) in [5.74, 6) is 0. The maximum Gasteiger partial charge on any atom is 0.0595 e. The maximum atomic E-state index is 6.12. The first kappa shape index (κ1) is 16.8. The number of aryl methyl sites for hydroxylation is 1. The van der Waals surface area contributed by atoms with Crippen LogP contribution in [0.2, 0.25) is 10.0 Å². The summed E-state index contributed by atoms with van der Waals surface area (Å²) in [5.41, 5.74) is 3.69. The van der Waals surface area contributed by atoms with Crippen LogP contribution in [0.5, 0.6) is 0 Å². The predicted octanol–water partition coefficient (Wildman–Crippen LogP) is 5.96. The molecule has 0 aliphatic carbocycles. The fourth-order valence-corrected chi connectivity index (χ4v) is 3.21.